The van der Waals surface area contributed by atoms with Gasteiger partial charge < -0.3 is 15.0 Å². The van der Waals surface area contributed by atoms with E-state index in [2.05, 4.69) is 58.8 Å². The third-order valence-electron chi connectivity index (χ3n) is 3.74. The van der Waals surface area contributed by atoms with Crippen LogP contribution in [0, 0.1) is 3.57 Å². The summed E-state index contributed by atoms with van der Waals surface area (Å²) in [7, 11) is 0. The molecule has 0 atom stereocenters. The fraction of sp³-hybridized carbons (Fsp3) is 0.316. The Hall–Kier alpha value is -1.76. The molecule has 0 saturated heterocycles. The van der Waals surface area contributed by atoms with E-state index in [1.54, 1.807) is 0 Å². The number of benzene rings is 2. The first-order valence-electron chi connectivity index (χ1n) is 8.11. The van der Waals surface area contributed by atoms with Gasteiger partial charge in [0.25, 0.3) is 5.91 Å². The highest BCUT2D eigenvalue weighted by Gasteiger charge is 2.04. The van der Waals surface area contributed by atoms with Crippen LogP contribution in [-0.2, 0) is 11.3 Å². The number of rotatable bonds is 8. The Morgan fingerprint density at radius 1 is 1.04 bits per heavy atom. The lowest BCUT2D eigenvalue weighted by molar-refractivity contribution is -0.123. The van der Waals surface area contributed by atoms with E-state index in [1.807, 2.05) is 36.4 Å². The van der Waals surface area contributed by atoms with Crippen LogP contribution >= 0.6 is 22.6 Å². The molecule has 0 unspecified atom stereocenters. The van der Waals surface area contributed by atoms with Crippen molar-refractivity contribution in [1.82, 2.24) is 5.32 Å². The summed E-state index contributed by atoms with van der Waals surface area (Å²) in [6.07, 6.45) is 0. The van der Waals surface area contributed by atoms with Crippen LogP contribution in [-0.4, -0.2) is 25.6 Å². The maximum absolute atomic E-state index is 11.9. The van der Waals surface area contributed by atoms with Crippen molar-refractivity contribution in [3.8, 4) is 5.75 Å². The number of hydrogen-bond donors (Lipinski definition) is 1. The summed E-state index contributed by atoms with van der Waals surface area (Å²) in [5.41, 5.74) is 2.28. The number of ether oxygens (including phenoxy) is 1. The number of halogens is 1. The van der Waals surface area contributed by atoms with Crippen LogP contribution in [0.3, 0.4) is 0 Å². The lowest BCUT2D eigenvalue weighted by Gasteiger charge is -2.21. The Labute approximate surface area is 157 Å². The molecule has 1 N–H and O–H groups in total. The Balaban J connectivity index is 1.78. The van der Waals surface area contributed by atoms with E-state index >= 15 is 0 Å². The first-order valence-corrected chi connectivity index (χ1v) is 9.19. The van der Waals surface area contributed by atoms with E-state index in [0.29, 0.717) is 12.3 Å². The molecule has 0 fully saturated rings. The lowest BCUT2D eigenvalue weighted by atomic mass is 10.2. The minimum absolute atomic E-state index is 0.0259. The summed E-state index contributed by atoms with van der Waals surface area (Å²) in [6.45, 7) is 6.80. The number of nitrogens with zero attached hydrogens (tertiary/aromatic N) is 1. The smallest absolute Gasteiger partial charge is 0.258 e. The molecule has 128 valence electrons. The number of hydrogen-bond acceptors (Lipinski definition) is 3. The second-order valence-electron chi connectivity index (χ2n) is 5.36. The predicted molar refractivity (Wildman–Crippen MR) is 107 cm³/mol. The molecule has 0 heterocycles. The van der Waals surface area contributed by atoms with Crippen LogP contribution < -0.4 is 15.0 Å². The molecule has 0 aromatic heterocycles. The molecule has 2 rings (SSSR count). The Bertz CT molecular complexity index is 637. The van der Waals surface area contributed by atoms with Gasteiger partial charge in [-0.25, -0.2) is 0 Å². The van der Waals surface area contributed by atoms with E-state index in [9.17, 15) is 4.79 Å². The summed E-state index contributed by atoms with van der Waals surface area (Å²) in [5, 5.41) is 2.88. The van der Waals surface area contributed by atoms with Gasteiger partial charge in [-0.2, -0.15) is 0 Å². The van der Waals surface area contributed by atoms with Crippen molar-refractivity contribution in [3.05, 3.63) is 57.7 Å². The predicted octanol–water partition coefficient (Wildman–Crippen LogP) is 3.83. The van der Waals surface area contributed by atoms with Crippen LogP contribution in [0.25, 0.3) is 0 Å². The molecule has 0 spiro atoms. The van der Waals surface area contributed by atoms with Crippen LogP contribution in [0.4, 0.5) is 5.69 Å². The van der Waals surface area contributed by atoms with Crippen molar-refractivity contribution in [2.45, 2.75) is 20.4 Å². The number of nitrogens with one attached hydrogen (secondary N) is 1. The van der Waals surface area contributed by atoms with E-state index in [4.69, 9.17) is 4.74 Å². The normalized spacial score (nSPS) is 10.3. The molecule has 24 heavy (non-hydrogen) atoms. The molecule has 5 heteroatoms. The standard InChI is InChI=1S/C19H23IN2O2/c1-3-22(4-2)17-9-5-15(6-10-17)13-21-19(23)14-24-18-11-7-16(20)8-12-18/h5-12H,3-4,13-14H2,1-2H3,(H,21,23). The van der Waals surface area contributed by atoms with Crippen molar-refractivity contribution >= 4 is 34.2 Å². The zero-order valence-electron chi connectivity index (χ0n) is 14.1. The molecule has 0 saturated carbocycles. The third kappa shape index (κ3) is 5.70. The van der Waals surface area contributed by atoms with Crippen molar-refractivity contribution < 1.29 is 9.53 Å². The molecule has 0 aliphatic rings. The van der Waals surface area contributed by atoms with Crippen molar-refractivity contribution in [2.24, 2.45) is 0 Å². The van der Waals surface area contributed by atoms with Gasteiger partial charge >= 0.3 is 0 Å². The van der Waals surface area contributed by atoms with Gasteiger partial charge in [0, 0.05) is 28.9 Å². The van der Waals surface area contributed by atoms with Gasteiger partial charge in [0.1, 0.15) is 5.75 Å². The Morgan fingerprint density at radius 2 is 1.67 bits per heavy atom. The number of amides is 1. The molecular formula is C19H23IN2O2. The largest absolute Gasteiger partial charge is 0.484 e. The topological polar surface area (TPSA) is 41.6 Å². The number of carbonyl (C=O) groups is 1. The van der Waals surface area contributed by atoms with Crippen LogP contribution in [0.2, 0.25) is 0 Å². The molecule has 4 nitrogen and oxygen atoms in total. The molecule has 0 aliphatic carbocycles. The molecule has 2 aromatic carbocycles. The zero-order valence-corrected chi connectivity index (χ0v) is 16.2. The van der Waals surface area contributed by atoms with Gasteiger partial charge in [-0.15, -0.1) is 0 Å². The Morgan fingerprint density at radius 3 is 2.25 bits per heavy atom. The zero-order chi connectivity index (χ0) is 17.4. The Kier molecular flexibility index (Phi) is 7.36. The number of anilines is 1. The average molecular weight is 438 g/mol. The first kappa shape index (κ1) is 18.6. The summed E-state index contributed by atoms with van der Waals surface area (Å²) in [6, 6.07) is 15.9. The van der Waals surface area contributed by atoms with Crippen molar-refractivity contribution in [1.29, 1.82) is 0 Å². The second-order valence-corrected chi connectivity index (χ2v) is 6.60. The summed E-state index contributed by atoms with van der Waals surface area (Å²) in [5.74, 6) is 0.579. The summed E-state index contributed by atoms with van der Waals surface area (Å²) >= 11 is 2.23. The van der Waals surface area contributed by atoms with Gasteiger partial charge in [-0.1, -0.05) is 12.1 Å². The highest BCUT2D eigenvalue weighted by molar-refractivity contribution is 14.1. The van der Waals surface area contributed by atoms with Gasteiger partial charge in [-0.3, -0.25) is 4.79 Å². The minimum atomic E-state index is -0.124. The van der Waals surface area contributed by atoms with Gasteiger partial charge in [-0.05, 0) is 78.4 Å². The van der Waals surface area contributed by atoms with Crippen LogP contribution in [0.15, 0.2) is 48.5 Å². The lowest BCUT2D eigenvalue weighted by Crippen LogP contribution is -2.28. The molecule has 0 radical (unpaired) electrons. The molecule has 1 amide bonds. The number of carbonyl (C=O) groups excluding carboxylic acids is 1. The SMILES string of the molecule is CCN(CC)c1ccc(CNC(=O)COc2ccc(I)cc2)cc1. The maximum Gasteiger partial charge on any atom is 0.258 e. The van der Waals surface area contributed by atoms with Crippen LogP contribution in [0.1, 0.15) is 19.4 Å². The average Bonchev–Trinajstić information content (AvgIpc) is 2.61. The minimum Gasteiger partial charge on any atom is -0.484 e. The van der Waals surface area contributed by atoms with Crippen molar-refractivity contribution in [2.75, 3.05) is 24.6 Å². The van der Waals surface area contributed by atoms with Crippen LogP contribution in [0.5, 0.6) is 5.75 Å². The van der Waals surface area contributed by atoms with E-state index in [-0.39, 0.29) is 12.5 Å². The fourth-order valence-electron chi connectivity index (χ4n) is 2.34. The monoisotopic (exact) mass is 438 g/mol. The molecule has 2 aromatic rings. The molecule has 0 aliphatic heterocycles. The van der Waals surface area contributed by atoms with Crippen molar-refractivity contribution in [3.63, 3.8) is 0 Å². The summed E-state index contributed by atoms with van der Waals surface area (Å²) in [4.78, 5) is 14.2. The highest BCUT2D eigenvalue weighted by atomic mass is 127. The van der Waals surface area contributed by atoms with E-state index < -0.39 is 0 Å². The first-order chi connectivity index (χ1) is 11.6. The second kappa shape index (κ2) is 9.52. The summed E-state index contributed by atoms with van der Waals surface area (Å²) < 4.78 is 6.61. The quantitative estimate of drug-likeness (QED) is 0.638. The third-order valence-corrected chi connectivity index (χ3v) is 4.46. The van der Waals surface area contributed by atoms with Gasteiger partial charge in [0.2, 0.25) is 0 Å². The maximum atomic E-state index is 11.9. The molecular weight excluding hydrogens is 415 g/mol. The van der Waals surface area contributed by atoms with E-state index in [0.717, 1.165) is 22.2 Å². The highest BCUT2D eigenvalue weighted by Crippen LogP contribution is 2.15. The van der Waals surface area contributed by atoms with Gasteiger partial charge in [0.15, 0.2) is 6.61 Å². The van der Waals surface area contributed by atoms with Gasteiger partial charge in [0.05, 0.1) is 0 Å². The molecule has 0 bridgehead atoms. The van der Waals surface area contributed by atoms with E-state index in [1.165, 1.54) is 5.69 Å². The fourth-order valence-corrected chi connectivity index (χ4v) is 2.70.